The van der Waals surface area contributed by atoms with E-state index in [1.807, 2.05) is 31.2 Å². The summed E-state index contributed by atoms with van der Waals surface area (Å²) in [5.74, 6) is 0.538. The van der Waals surface area contributed by atoms with Gasteiger partial charge in [-0.15, -0.1) is 0 Å². The fraction of sp³-hybridized carbons (Fsp3) is 0.471. The molecular formula is C17H21N3O3. The normalized spacial score (nSPS) is 24.9. The molecule has 1 aromatic carbocycles. The van der Waals surface area contributed by atoms with E-state index in [0.717, 1.165) is 11.1 Å². The molecule has 3 atom stereocenters. The first-order valence-electron chi connectivity index (χ1n) is 7.73. The van der Waals surface area contributed by atoms with E-state index in [1.54, 1.807) is 25.5 Å². The highest BCUT2D eigenvalue weighted by Crippen LogP contribution is 2.34. The van der Waals surface area contributed by atoms with Gasteiger partial charge in [0.25, 0.3) is 0 Å². The highest BCUT2D eigenvalue weighted by Gasteiger charge is 2.46. The largest absolute Gasteiger partial charge is 0.453 e. The summed E-state index contributed by atoms with van der Waals surface area (Å²) in [6.45, 7) is 7.18. The van der Waals surface area contributed by atoms with Crippen molar-refractivity contribution in [2.45, 2.75) is 51.9 Å². The third-order valence-electron chi connectivity index (χ3n) is 4.25. The maximum Gasteiger partial charge on any atom is 0.334 e. The fourth-order valence-electron chi connectivity index (χ4n) is 2.82. The molecule has 2 aromatic rings. The Balaban J connectivity index is 2.05. The van der Waals surface area contributed by atoms with Crippen LogP contribution >= 0.6 is 0 Å². The van der Waals surface area contributed by atoms with Gasteiger partial charge >= 0.3 is 5.97 Å². The van der Waals surface area contributed by atoms with Crippen LogP contribution in [0.15, 0.2) is 24.3 Å². The number of ether oxygens (including phenoxy) is 1. The van der Waals surface area contributed by atoms with Crippen LogP contribution in [-0.4, -0.2) is 25.8 Å². The van der Waals surface area contributed by atoms with Crippen molar-refractivity contribution >= 4 is 5.97 Å². The lowest BCUT2D eigenvalue weighted by Gasteiger charge is -2.35. The molecule has 122 valence electrons. The summed E-state index contributed by atoms with van der Waals surface area (Å²) in [5.41, 5.74) is 1.21. The first kappa shape index (κ1) is 15.7. The smallest absolute Gasteiger partial charge is 0.334 e. The highest BCUT2D eigenvalue weighted by atomic mass is 16.5. The molecule has 0 aliphatic carbocycles. The van der Waals surface area contributed by atoms with E-state index in [1.165, 1.54) is 0 Å². The lowest BCUT2D eigenvalue weighted by atomic mass is 9.91. The maximum absolute atomic E-state index is 12.6. The molecule has 0 bridgehead atoms. The number of esters is 1. The molecule has 0 unspecified atom stereocenters. The molecule has 2 heterocycles. The average Bonchev–Trinajstić information content (AvgIpc) is 2.95. The van der Waals surface area contributed by atoms with Crippen molar-refractivity contribution < 1.29 is 14.6 Å². The number of hydrogen-bond donors (Lipinski definition) is 1. The number of aliphatic hydroxyl groups is 1. The molecule has 0 amide bonds. The molecule has 1 N–H and O–H groups in total. The van der Waals surface area contributed by atoms with E-state index in [9.17, 15) is 9.90 Å². The van der Waals surface area contributed by atoms with Crippen molar-refractivity contribution in [2.24, 2.45) is 0 Å². The van der Waals surface area contributed by atoms with Crippen molar-refractivity contribution in [3.8, 4) is 0 Å². The number of carbonyl (C=O) groups is 1. The minimum absolute atomic E-state index is 0.306. The quantitative estimate of drug-likeness (QED) is 0.879. The summed E-state index contributed by atoms with van der Waals surface area (Å²) >= 11 is 0. The summed E-state index contributed by atoms with van der Waals surface area (Å²) in [6, 6.07) is 8.02. The van der Waals surface area contributed by atoms with Crippen molar-refractivity contribution in [1.29, 1.82) is 0 Å². The van der Waals surface area contributed by atoms with Gasteiger partial charge in [0.15, 0.2) is 23.3 Å². The van der Waals surface area contributed by atoms with Gasteiger partial charge in [-0.3, -0.25) is 0 Å². The molecule has 6 heteroatoms. The van der Waals surface area contributed by atoms with Crippen LogP contribution in [-0.2, 0) is 21.5 Å². The Labute approximate surface area is 135 Å². The minimum atomic E-state index is -0.975. The molecule has 1 aromatic heterocycles. The summed E-state index contributed by atoms with van der Waals surface area (Å²) in [7, 11) is 0. The van der Waals surface area contributed by atoms with Crippen LogP contribution in [0.5, 0.6) is 0 Å². The molecule has 3 rings (SSSR count). The molecule has 0 saturated heterocycles. The monoisotopic (exact) mass is 315 g/mol. The van der Waals surface area contributed by atoms with E-state index in [4.69, 9.17) is 4.74 Å². The van der Waals surface area contributed by atoms with E-state index >= 15 is 0 Å². The third kappa shape index (κ3) is 2.63. The van der Waals surface area contributed by atoms with Gasteiger partial charge < -0.3 is 9.84 Å². The molecule has 0 radical (unpaired) electrons. The second-order valence-electron chi connectivity index (χ2n) is 6.40. The lowest BCUT2D eigenvalue weighted by Crippen LogP contribution is -2.48. The predicted molar refractivity (Wildman–Crippen MR) is 83.7 cm³/mol. The van der Waals surface area contributed by atoms with Crippen LogP contribution in [0.4, 0.5) is 0 Å². The number of aliphatic hydroxyl groups excluding tert-OH is 1. The van der Waals surface area contributed by atoms with Crippen LogP contribution in [0.1, 0.15) is 55.8 Å². The molecule has 6 nitrogen and oxygen atoms in total. The van der Waals surface area contributed by atoms with Crippen LogP contribution in [0, 0.1) is 6.92 Å². The Morgan fingerprint density at radius 2 is 2.04 bits per heavy atom. The number of aryl methyl sites for hydroxylation is 1. The third-order valence-corrected chi connectivity index (χ3v) is 4.25. The zero-order valence-corrected chi connectivity index (χ0v) is 13.8. The van der Waals surface area contributed by atoms with Gasteiger partial charge in [0.05, 0.1) is 0 Å². The minimum Gasteiger partial charge on any atom is -0.453 e. The van der Waals surface area contributed by atoms with Crippen molar-refractivity contribution in [2.75, 3.05) is 0 Å². The van der Waals surface area contributed by atoms with Gasteiger partial charge in [-0.1, -0.05) is 29.8 Å². The van der Waals surface area contributed by atoms with Gasteiger partial charge in [-0.05, 0) is 33.3 Å². The standard InChI is InChI=1S/C17H21N3O3/c1-10-5-7-13(8-6-10)9-17(4)16(22)23-12(3)15-18-14(11(2)21)19-20(15)17/h5-8,11-12,21H,9H2,1-4H3/t11-,12-,17+/m0/s1. The van der Waals surface area contributed by atoms with Crippen molar-refractivity contribution in [3.63, 3.8) is 0 Å². The summed E-state index contributed by atoms with van der Waals surface area (Å²) in [5, 5.41) is 14.1. The number of carbonyl (C=O) groups excluding carboxylic acids is 1. The Kier molecular flexibility index (Phi) is 3.72. The summed E-state index contributed by atoms with van der Waals surface area (Å²) < 4.78 is 7.09. The Bertz CT molecular complexity index is 736. The molecule has 0 spiro atoms. The van der Waals surface area contributed by atoms with Crippen LogP contribution in [0.2, 0.25) is 0 Å². The van der Waals surface area contributed by atoms with Gasteiger partial charge in [-0.2, -0.15) is 5.10 Å². The van der Waals surface area contributed by atoms with Gasteiger partial charge in [-0.25, -0.2) is 14.5 Å². The second kappa shape index (κ2) is 5.45. The van der Waals surface area contributed by atoms with Gasteiger partial charge in [0.2, 0.25) is 0 Å². The second-order valence-corrected chi connectivity index (χ2v) is 6.40. The molecule has 23 heavy (non-hydrogen) atoms. The molecule has 1 aliphatic rings. The van der Waals surface area contributed by atoms with E-state index in [0.29, 0.717) is 18.1 Å². The Morgan fingerprint density at radius 3 is 2.65 bits per heavy atom. The number of cyclic esters (lactones) is 1. The Hall–Kier alpha value is -2.21. The average molecular weight is 315 g/mol. The van der Waals surface area contributed by atoms with Gasteiger partial charge in [0, 0.05) is 6.42 Å². The zero-order valence-electron chi connectivity index (χ0n) is 13.8. The number of aromatic nitrogens is 3. The van der Waals surface area contributed by atoms with Crippen molar-refractivity contribution in [1.82, 2.24) is 14.8 Å². The highest BCUT2D eigenvalue weighted by molar-refractivity contribution is 5.80. The van der Waals surface area contributed by atoms with E-state index in [2.05, 4.69) is 10.1 Å². The topological polar surface area (TPSA) is 77.2 Å². The van der Waals surface area contributed by atoms with Crippen LogP contribution in [0.3, 0.4) is 0 Å². The number of benzene rings is 1. The molecular weight excluding hydrogens is 294 g/mol. The molecule has 0 saturated carbocycles. The summed E-state index contributed by atoms with van der Waals surface area (Å²) in [6.07, 6.45) is -0.818. The first-order chi connectivity index (χ1) is 10.8. The number of hydrogen-bond acceptors (Lipinski definition) is 5. The predicted octanol–water partition coefficient (Wildman–Crippen LogP) is 2.22. The van der Waals surface area contributed by atoms with Crippen molar-refractivity contribution in [3.05, 3.63) is 47.0 Å². The van der Waals surface area contributed by atoms with Crippen LogP contribution < -0.4 is 0 Å². The van der Waals surface area contributed by atoms with Gasteiger partial charge in [0.1, 0.15) is 6.10 Å². The van der Waals surface area contributed by atoms with E-state index < -0.39 is 17.7 Å². The van der Waals surface area contributed by atoms with E-state index in [-0.39, 0.29) is 5.97 Å². The zero-order chi connectivity index (χ0) is 16.8. The number of nitrogens with zero attached hydrogens (tertiary/aromatic N) is 3. The summed E-state index contributed by atoms with van der Waals surface area (Å²) in [4.78, 5) is 16.9. The lowest BCUT2D eigenvalue weighted by molar-refractivity contribution is -0.165. The van der Waals surface area contributed by atoms with Crippen LogP contribution in [0.25, 0.3) is 0 Å². The SMILES string of the molecule is Cc1ccc(C[C@]2(C)C(=O)O[C@@H](C)c3nc([C@H](C)O)nn32)cc1. The number of rotatable bonds is 3. The maximum atomic E-state index is 12.6. The number of fused-ring (bicyclic) bond motifs is 1. The fourth-order valence-corrected chi connectivity index (χ4v) is 2.82. The molecule has 1 aliphatic heterocycles. The Morgan fingerprint density at radius 1 is 1.39 bits per heavy atom. The molecule has 0 fully saturated rings. The first-order valence-corrected chi connectivity index (χ1v) is 7.73.